The van der Waals surface area contributed by atoms with Crippen LogP contribution in [0.3, 0.4) is 0 Å². The summed E-state index contributed by atoms with van der Waals surface area (Å²) in [5, 5.41) is 0. The van der Waals surface area contributed by atoms with Gasteiger partial charge in [-0.3, -0.25) is 4.79 Å². The second-order valence-electron chi connectivity index (χ2n) is 16.3. The predicted octanol–water partition coefficient (Wildman–Crippen LogP) is 11.4. The van der Waals surface area contributed by atoms with E-state index in [0.29, 0.717) is 18.3 Å². The lowest BCUT2D eigenvalue weighted by Crippen LogP contribution is -2.39. The lowest BCUT2D eigenvalue weighted by atomic mass is 9.62. The number of fused-ring (bicyclic) bond motifs is 5. The van der Waals surface area contributed by atoms with E-state index in [2.05, 4.69) is 84.7 Å². The van der Waals surface area contributed by atoms with Gasteiger partial charge in [-0.05, 0) is 104 Å². The van der Waals surface area contributed by atoms with Gasteiger partial charge in [0.1, 0.15) is 17.3 Å². The molecule has 4 heteroatoms. The Bertz CT molecular complexity index is 1900. The van der Waals surface area contributed by atoms with Gasteiger partial charge < -0.3 is 13.3 Å². The topological polar surface area (TPSA) is 56.5 Å². The van der Waals surface area contributed by atoms with Gasteiger partial charge in [0.15, 0.2) is 5.78 Å². The number of allylic oxidation sites excluding steroid dienone is 9. The molecule has 5 aliphatic rings. The summed E-state index contributed by atoms with van der Waals surface area (Å²) in [6.45, 7) is 29.2. The molecule has 0 saturated carbocycles. The molecule has 8 rings (SSSR count). The Morgan fingerprint density at radius 2 is 1.37 bits per heavy atom. The van der Waals surface area contributed by atoms with E-state index in [1.807, 2.05) is 39.4 Å². The Morgan fingerprint density at radius 1 is 0.816 bits per heavy atom. The standard InChI is InChI=1S/C15H18O2.2C15H18O/c1-6-15(5)7-11-12(10(4)8-17-11)14(16)13(15)9(2)3;2*1-10-5-4-6-15(3)8-14-12(7-13(10)15)11(2)9-16-14/h6,8,13H,1-2,7H2,3-5H3;4-6,9,13H,7-8H2,1-3H3;4,6,9,13H,1,5,7-8H2,2-3H3/t13-,15-;2*13-,15+/m100/s1. The van der Waals surface area contributed by atoms with E-state index in [0.717, 1.165) is 54.6 Å². The molecule has 0 N–H and O–H groups in total. The molecule has 0 radical (unpaired) electrons. The van der Waals surface area contributed by atoms with Crippen molar-refractivity contribution in [2.24, 2.45) is 34.0 Å². The zero-order valence-electron chi connectivity index (χ0n) is 30.9. The minimum Gasteiger partial charge on any atom is -0.469 e. The number of Topliss-reactive ketones (excluding diaryl/α,β-unsaturated/α-hetero) is 1. The van der Waals surface area contributed by atoms with Crippen molar-refractivity contribution in [1.29, 1.82) is 0 Å². The molecule has 3 heterocycles. The Labute approximate surface area is 293 Å². The number of aryl methyl sites for hydroxylation is 3. The summed E-state index contributed by atoms with van der Waals surface area (Å²) in [4.78, 5) is 12.5. The van der Waals surface area contributed by atoms with Crippen LogP contribution < -0.4 is 0 Å². The number of carbonyl (C=O) groups is 1. The van der Waals surface area contributed by atoms with E-state index in [1.54, 1.807) is 6.26 Å². The number of ketones is 1. The van der Waals surface area contributed by atoms with Crippen LogP contribution in [0.2, 0.25) is 0 Å². The maximum absolute atomic E-state index is 12.5. The zero-order valence-corrected chi connectivity index (χ0v) is 30.9. The molecule has 0 aliphatic heterocycles. The highest BCUT2D eigenvalue weighted by Crippen LogP contribution is 2.49. The summed E-state index contributed by atoms with van der Waals surface area (Å²) < 4.78 is 16.8. The van der Waals surface area contributed by atoms with E-state index in [9.17, 15) is 4.79 Å². The van der Waals surface area contributed by atoms with Crippen molar-refractivity contribution in [2.45, 2.75) is 93.9 Å². The molecule has 258 valence electrons. The van der Waals surface area contributed by atoms with Crippen molar-refractivity contribution >= 4 is 5.78 Å². The van der Waals surface area contributed by atoms with Gasteiger partial charge in [0.05, 0.1) is 30.3 Å². The third-order valence-electron chi connectivity index (χ3n) is 12.3. The summed E-state index contributed by atoms with van der Waals surface area (Å²) in [7, 11) is 0. The quantitative estimate of drug-likeness (QED) is 0.257. The molecule has 0 unspecified atom stereocenters. The molecule has 5 aliphatic carbocycles. The molecule has 0 aromatic carbocycles. The average molecular weight is 659 g/mol. The van der Waals surface area contributed by atoms with Gasteiger partial charge in [-0.1, -0.05) is 87.1 Å². The van der Waals surface area contributed by atoms with Gasteiger partial charge in [-0.15, -0.1) is 6.58 Å². The Hall–Kier alpha value is -4.05. The first-order chi connectivity index (χ1) is 23.1. The van der Waals surface area contributed by atoms with Gasteiger partial charge in [0.2, 0.25) is 0 Å². The summed E-state index contributed by atoms with van der Waals surface area (Å²) in [5.41, 5.74) is 11.2. The smallest absolute Gasteiger partial charge is 0.174 e. The fourth-order valence-corrected chi connectivity index (χ4v) is 9.33. The van der Waals surface area contributed by atoms with Crippen molar-refractivity contribution < 1.29 is 18.0 Å². The third-order valence-corrected chi connectivity index (χ3v) is 12.3. The Kier molecular flexibility index (Phi) is 9.01. The van der Waals surface area contributed by atoms with Crippen LogP contribution in [0.4, 0.5) is 0 Å². The lowest BCUT2D eigenvalue weighted by molar-refractivity contribution is 0.0833. The first-order valence-corrected chi connectivity index (χ1v) is 17.8. The Balaban J connectivity index is 0.000000128. The monoisotopic (exact) mass is 658 g/mol. The number of furan rings is 3. The molecule has 4 nitrogen and oxygen atoms in total. The van der Waals surface area contributed by atoms with Crippen molar-refractivity contribution in [3.63, 3.8) is 0 Å². The molecule has 3 aromatic rings. The summed E-state index contributed by atoms with van der Waals surface area (Å²) >= 11 is 0. The molecular formula is C45H54O4. The molecule has 0 fully saturated rings. The van der Waals surface area contributed by atoms with Gasteiger partial charge in [-0.25, -0.2) is 0 Å². The number of hydrogen-bond donors (Lipinski definition) is 0. The molecular weight excluding hydrogens is 604 g/mol. The maximum atomic E-state index is 12.5. The fourth-order valence-electron chi connectivity index (χ4n) is 9.33. The van der Waals surface area contributed by atoms with Crippen LogP contribution in [-0.2, 0) is 32.1 Å². The zero-order chi connectivity index (χ0) is 35.5. The summed E-state index contributed by atoms with van der Waals surface area (Å²) in [5.74, 6) is 4.36. The van der Waals surface area contributed by atoms with Crippen LogP contribution in [0.25, 0.3) is 0 Å². The number of rotatable bonds is 2. The van der Waals surface area contributed by atoms with Crippen LogP contribution in [0, 0.1) is 54.8 Å². The van der Waals surface area contributed by atoms with Gasteiger partial charge >= 0.3 is 0 Å². The molecule has 49 heavy (non-hydrogen) atoms. The van der Waals surface area contributed by atoms with Crippen LogP contribution in [0.1, 0.15) is 96.5 Å². The predicted molar refractivity (Wildman–Crippen MR) is 199 cm³/mol. The van der Waals surface area contributed by atoms with E-state index in [4.69, 9.17) is 13.3 Å². The highest BCUT2D eigenvalue weighted by atomic mass is 16.3. The minimum absolute atomic E-state index is 0.118. The number of carbonyl (C=O) groups excluding carboxylic acids is 1. The molecule has 0 saturated heterocycles. The Morgan fingerprint density at radius 3 is 1.96 bits per heavy atom. The van der Waals surface area contributed by atoms with E-state index >= 15 is 0 Å². The fraction of sp³-hybridized carbons (Fsp3) is 0.444. The van der Waals surface area contributed by atoms with Gasteiger partial charge in [-0.2, -0.15) is 0 Å². The SMILES string of the molecule is C=C1CC=C[C@]2(C)Cc3occ(C)c3C[C@@H]12.C=C[C@]1(C)Cc2occ(C)c2C(=O)[C@H]1C(=C)C.CC1=CC=C[C@]2(C)Cc3occ(C)c3C[C@@H]12. The van der Waals surface area contributed by atoms with Crippen molar-refractivity contribution in [3.8, 4) is 0 Å². The minimum atomic E-state index is -0.291. The average Bonchev–Trinajstić information content (AvgIpc) is 3.71. The largest absolute Gasteiger partial charge is 0.469 e. The first kappa shape index (κ1) is 34.8. The summed E-state index contributed by atoms with van der Waals surface area (Å²) in [6.07, 6.45) is 24.8. The molecule has 0 spiro atoms. The second-order valence-corrected chi connectivity index (χ2v) is 16.3. The molecule has 0 bridgehead atoms. The van der Waals surface area contributed by atoms with Crippen molar-refractivity contribution in [2.75, 3.05) is 0 Å². The van der Waals surface area contributed by atoms with Crippen LogP contribution in [0.5, 0.6) is 0 Å². The third kappa shape index (κ3) is 6.06. The normalized spacial score (nSPS) is 30.6. The molecule has 6 atom stereocenters. The summed E-state index contributed by atoms with van der Waals surface area (Å²) in [6, 6.07) is 0. The van der Waals surface area contributed by atoms with Crippen LogP contribution >= 0.6 is 0 Å². The van der Waals surface area contributed by atoms with E-state index in [-0.39, 0.29) is 27.9 Å². The van der Waals surface area contributed by atoms with Crippen LogP contribution in [-0.4, -0.2) is 5.78 Å². The molecule has 3 aromatic heterocycles. The number of hydrogen-bond acceptors (Lipinski definition) is 4. The maximum Gasteiger partial charge on any atom is 0.174 e. The first-order valence-electron chi connectivity index (χ1n) is 17.8. The van der Waals surface area contributed by atoms with Crippen LogP contribution in [0.15, 0.2) is 105 Å². The lowest BCUT2D eigenvalue weighted by Gasteiger charge is -2.42. The van der Waals surface area contributed by atoms with Crippen molar-refractivity contribution in [1.82, 2.24) is 0 Å². The van der Waals surface area contributed by atoms with Gasteiger partial charge in [0, 0.05) is 24.7 Å². The van der Waals surface area contributed by atoms with Gasteiger partial charge in [0.25, 0.3) is 0 Å². The van der Waals surface area contributed by atoms with E-state index in [1.165, 1.54) is 44.9 Å². The van der Waals surface area contributed by atoms with Crippen molar-refractivity contribution in [3.05, 3.63) is 142 Å². The second kappa shape index (κ2) is 12.7. The molecule has 0 amide bonds. The highest BCUT2D eigenvalue weighted by Gasteiger charge is 2.45. The highest BCUT2D eigenvalue weighted by molar-refractivity contribution is 6.03. The van der Waals surface area contributed by atoms with E-state index < -0.39 is 0 Å².